The highest BCUT2D eigenvalue weighted by Gasteiger charge is 2.39. The van der Waals surface area contributed by atoms with E-state index in [-0.39, 0.29) is 0 Å². The van der Waals surface area contributed by atoms with E-state index in [0.29, 0.717) is 72.4 Å². The first-order valence-electron chi connectivity index (χ1n) is 13.4. The SMILES string of the molecule is C=CCOCCn1cc(CN(CCC[Si](OCC)(OCC)OCC)Cc2cn(CCOCC=C)nn2)nn1. The van der Waals surface area contributed by atoms with Crippen LogP contribution in [0.1, 0.15) is 38.6 Å². The van der Waals surface area contributed by atoms with Gasteiger partial charge in [0, 0.05) is 51.3 Å². The van der Waals surface area contributed by atoms with Gasteiger partial charge in [0.15, 0.2) is 0 Å². The third-order valence-electron chi connectivity index (χ3n) is 5.39. The summed E-state index contributed by atoms with van der Waals surface area (Å²) in [5, 5.41) is 17.2. The molecule has 0 N–H and O–H groups in total. The van der Waals surface area contributed by atoms with Crippen molar-refractivity contribution in [2.24, 2.45) is 0 Å². The molecule has 2 rings (SSSR count). The van der Waals surface area contributed by atoms with Crippen LogP contribution in [0.4, 0.5) is 0 Å². The lowest BCUT2D eigenvalue weighted by Gasteiger charge is -2.29. The van der Waals surface area contributed by atoms with Crippen molar-refractivity contribution >= 4 is 8.80 Å². The molecule has 38 heavy (non-hydrogen) atoms. The standard InChI is InChI=1S/C25H45N7O5Si/c1-6-15-33-17-13-31-22-24(26-28-31)20-30(12-11-19-38(35-8-3,36-9-4)37-10-5)21-25-23-32(29-27-25)14-18-34-16-7-2/h6-7,22-23H,1-2,8-21H2,3-5H3. The third-order valence-corrected chi connectivity index (χ3v) is 8.55. The summed E-state index contributed by atoms with van der Waals surface area (Å²) in [6.07, 6.45) is 8.22. The molecular formula is C25H45N7O5Si. The summed E-state index contributed by atoms with van der Waals surface area (Å²) in [4.78, 5) is 2.29. The maximum Gasteiger partial charge on any atom is 0.500 e. The second-order valence-electron chi connectivity index (χ2n) is 8.47. The van der Waals surface area contributed by atoms with E-state index in [1.54, 1.807) is 21.5 Å². The van der Waals surface area contributed by atoms with E-state index in [0.717, 1.165) is 30.4 Å². The first kappa shape index (κ1) is 32.0. The average Bonchev–Trinajstić information content (AvgIpc) is 3.54. The molecule has 0 saturated carbocycles. The summed E-state index contributed by atoms with van der Waals surface area (Å²) < 4.78 is 32.6. The molecule has 214 valence electrons. The lowest BCUT2D eigenvalue weighted by atomic mass is 10.3. The Balaban J connectivity index is 2.04. The van der Waals surface area contributed by atoms with Crippen LogP contribution in [0.3, 0.4) is 0 Å². The van der Waals surface area contributed by atoms with Gasteiger partial charge in [-0.2, -0.15) is 0 Å². The first-order valence-corrected chi connectivity index (χ1v) is 15.3. The Morgan fingerprint density at radius 2 is 1.29 bits per heavy atom. The molecule has 0 aliphatic rings. The second kappa shape index (κ2) is 18.9. The quantitative estimate of drug-likeness (QED) is 0.110. The van der Waals surface area contributed by atoms with E-state index >= 15 is 0 Å². The van der Waals surface area contributed by atoms with Gasteiger partial charge in [0.05, 0.1) is 50.9 Å². The Kier molecular flexibility index (Phi) is 15.9. The summed E-state index contributed by atoms with van der Waals surface area (Å²) in [6.45, 7) is 20.4. The lowest BCUT2D eigenvalue weighted by molar-refractivity contribution is 0.0697. The zero-order valence-electron chi connectivity index (χ0n) is 23.3. The monoisotopic (exact) mass is 551 g/mol. The van der Waals surface area contributed by atoms with Crippen LogP contribution in [0.25, 0.3) is 0 Å². The van der Waals surface area contributed by atoms with Gasteiger partial charge in [-0.05, 0) is 33.7 Å². The zero-order valence-corrected chi connectivity index (χ0v) is 24.3. The molecule has 0 aliphatic heterocycles. The molecule has 0 spiro atoms. The van der Waals surface area contributed by atoms with Crippen molar-refractivity contribution in [1.29, 1.82) is 0 Å². The van der Waals surface area contributed by atoms with Crippen LogP contribution >= 0.6 is 0 Å². The molecule has 0 aliphatic carbocycles. The average molecular weight is 552 g/mol. The van der Waals surface area contributed by atoms with Crippen molar-refractivity contribution in [1.82, 2.24) is 34.9 Å². The van der Waals surface area contributed by atoms with Gasteiger partial charge >= 0.3 is 8.80 Å². The molecule has 2 heterocycles. The molecule has 2 aromatic heterocycles. The highest BCUT2D eigenvalue weighted by Crippen LogP contribution is 2.19. The Morgan fingerprint density at radius 3 is 1.71 bits per heavy atom. The van der Waals surface area contributed by atoms with Gasteiger partial charge in [0.1, 0.15) is 0 Å². The van der Waals surface area contributed by atoms with Crippen molar-refractivity contribution < 1.29 is 22.8 Å². The molecular weight excluding hydrogens is 506 g/mol. The van der Waals surface area contributed by atoms with Crippen molar-refractivity contribution in [3.8, 4) is 0 Å². The molecule has 0 atom stereocenters. The predicted octanol–water partition coefficient (Wildman–Crippen LogP) is 2.72. The smallest absolute Gasteiger partial charge is 0.375 e. The van der Waals surface area contributed by atoms with Crippen molar-refractivity contribution in [3.63, 3.8) is 0 Å². The normalized spacial score (nSPS) is 11.9. The Labute approximate surface area is 227 Å². The summed E-state index contributed by atoms with van der Waals surface area (Å²) >= 11 is 0. The fourth-order valence-electron chi connectivity index (χ4n) is 3.88. The van der Waals surface area contributed by atoms with Crippen LogP contribution in [-0.2, 0) is 48.9 Å². The Bertz CT molecular complexity index is 837. The lowest BCUT2D eigenvalue weighted by Crippen LogP contribution is -2.46. The highest BCUT2D eigenvalue weighted by atomic mass is 28.4. The molecule has 0 amide bonds. The summed E-state index contributed by atoms with van der Waals surface area (Å²) in [6, 6.07) is 0.736. The molecule has 0 fully saturated rings. The van der Waals surface area contributed by atoms with E-state index in [1.807, 2.05) is 33.2 Å². The van der Waals surface area contributed by atoms with Crippen LogP contribution in [0.5, 0.6) is 0 Å². The van der Waals surface area contributed by atoms with Gasteiger partial charge in [-0.25, -0.2) is 9.36 Å². The minimum Gasteiger partial charge on any atom is -0.375 e. The maximum atomic E-state index is 6.03. The minimum atomic E-state index is -2.71. The van der Waals surface area contributed by atoms with E-state index < -0.39 is 8.80 Å². The van der Waals surface area contributed by atoms with E-state index in [1.165, 1.54) is 0 Å². The number of hydrogen-bond acceptors (Lipinski definition) is 10. The van der Waals surface area contributed by atoms with Gasteiger partial charge in [-0.15, -0.1) is 23.4 Å². The van der Waals surface area contributed by atoms with Crippen LogP contribution in [0, 0.1) is 0 Å². The summed E-state index contributed by atoms with van der Waals surface area (Å²) in [5.74, 6) is 0. The molecule has 13 heteroatoms. The third kappa shape index (κ3) is 12.1. The number of ether oxygens (including phenoxy) is 2. The minimum absolute atomic E-state index is 0.520. The molecule has 0 saturated heterocycles. The number of nitrogens with zero attached hydrogens (tertiary/aromatic N) is 7. The molecule has 2 aromatic rings. The predicted molar refractivity (Wildman–Crippen MR) is 146 cm³/mol. The molecule has 12 nitrogen and oxygen atoms in total. The second-order valence-corrected chi connectivity index (χ2v) is 11.2. The van der Waals surface area contributed by atoms with Crippen LogP contribution in [-0.4, -0.2) is 96.5 Å². The molecule has 0 aromatic carbocycles. The molecule has 0 bridgehead atoms. The number of rotatable bonds is 24. The maximum absolute atomic E-state index is 6.03. The summed E-state index contributed by atoms with van der Waals surface area (Å²) in [5.41, 5.74) is 1.75. The Hall–Kier alpha value is -2.26. The van der Waals surface area contributed by atoms with Gasteiger partial charge in [0.2, 0.25) is 0 Å². The van der Waals surface area contributed by atoms with E-state index in [2.05, 4.69) is 38.7 Å². The van der Waals surface area contributed by atoms with Gasteiger partial charge < -0.3 is 22.8 Å². The number of hydrogen-bond donors (Lipinski definition) is 0. The fraction of sp³-hybridized carbons (Fsp3) is 0.680. The summed E-state index contributed by atoms with van der Waals surface area (Å²) in [7, 11) is -2.71. The van der Waals surface area contributed by atoms with Crippen LogP contribution in [0.2, 0.25) is 6.04 Å². The first-order chi connectivity index (χ1) is 18.6. The van der Waals surface area contributed by atoms with Gasteiger partial charge in [0.25, 0.3) is 0 Å². The highest BCUT2D eigenvalue weighted by molar-refractivity contribution is 6.60. The van der Waals surface area contributed by atoms with E-state index in [9.17, 15) is 0 Å². The van der Waals surface area contributed by atoms with Crippen LogP contribution < -0.4 is 0 Å². The van der Waals surface area contributed by atoms with Crippen LogP contribution in [0.15, 0.2) is 37.7 Å². The zero-order chi connectivity index (χ0) is 27.5. The Morgan fingerprint density at radius 1 is 0.816 bits per heavy atom. The topological polar surface area (TPSA) is 111 Å². The van der Waals surface area contributed by atoms with Gasteiger partial charge in [-0.1, -0.05) is 22.6 Å². The van der Waals surface area contributed by atoms with Crippen molar-refractivity contribution in [3.05, 3.63) is 49.1 Å². The molecule has 0 radical (unpaired) electrons. The van der Waals surface area contributed by atoms with Crippen molar-refractivity contribution in [2.75, 3.05) is 52.8 Å². The van der Waals surface area contributed by atoms with Crippen molar-refractivity contribution in [2.45, 2.75) is 59.4 Å². The van der Waals surface area contributed by atoms with Gasteiger partial charge in [-0.3, -0.25) is 4.90 Å². The van der Waals surface area contributed by atoms with E-state index in [4.69, 9.17) is 22.8 Å². The molecule has 0 unspecified atom stereocenters. The largest absolute Gasteiger partial charge is 0.500 e. The number of aromatic nitrogens is 6. The fourth-order valence-corrected chi connectivity index (χ4v) is 6.48.